The van der Waals surface area contributed by atoms with Crippen LogP contribution < -0.4 is 11.1 Å². The van der Waals surface area contributed by atoms with Crippen LogP contribution in [0.2, 0.25) is 0 Å². The lowest BCUT2D eigenvalue weighted by molar-refractivity contribution is 0.210. The molecule has 0 saturated carbocycles. The zero-order chi connectivity index (χ0) is 15.4. The van der Waals surface area contributed by atoms with Gasteiger partial charge in [0.05, 0.1) is 0 Å². The Kier molecular flexibility index (Phi) is 4.39. The molecule has 1 aliphatic rings. The van der Waals surface area contributed by atoms with Crippen molar-refractivity contribution in [2.75, 3.05) is 11.9 Å². The molecule has 22 heavy (non-hydrogen) atoms. The Balaban J connectivity index is 1.69. The normalized spacial score (nSPS) is 14.1. The van der Waals surface area contributed by atoms with Gasteiger partial charge < -0.3 is 16.0 Å². The van der Waals surface area contributed by atoms with E-state index in [0.717, 1.165) is 30.6 Å². The van der Waals surface area contributed by atoms with Crippen LogP contribution in [-0.2, 0) is 19.5 Å². The topological polar surface area (TPSA) is 58.4 Å². The zero-order valence-corrected chi connectivity index (χ0v) is 12.6. The Morgan fingerprint density at radius 3 is 2.55 bits per heavy atom. The summed E-state index contributed by atoms with van der Waals surface area (Å²) in [4.78, 5) is 14.4. The van der Waals surface area contributed by atoms with Gasteiger partial charge in [-0.15, -0.1) is 0 Å². The maximum atomic E-state index is 12.5. The number of fused-ring (bicyclic) bond motifs is 1. The monoisotopic (exact) mass is 295 g/mol. The first-order chi connectivity index (χ1) is 10.8. The summed E-state index contributed by atoms with van der Waals surface area (Å²) in [5.41, 5.74) is 10.0. The molecule has 2 aromatic carbocycles. The minimum Gasteiger partial charge on any atom is -0.326 e. The summed E-state index contributed by atoms with van der Waals surface area (Å²) in [6.07, 6.45) is 2.03. The second kappa shape index (κ2) is 6.62. The second-order valence-corrected chi connectivity index (χ2v) is 5.63. The van der Waals surface area contributed by atoms with Crippen LogP contribution in [0.5, 0.6) is 0 Å². The summed E-state index contributed by atoms with van der Waals surface area (Å²) in [6.45, 7) is 1.96. The van der Waals surface area contributed by atoms with Gasteiger partial charge in [-0.25, -0.2) is 4.79 Å². The first kappa shape index (κ1) is 14.6. The minimum absolute atomic E-state index is 0.0443. The van der Waals surface area contributed by atoms with Crippen molar-refractivity contribution in [3.05, 3.63) is 65.2 Å². The smallest absolute Gasteiger partial charge is 0.322 e. The van der Waals surface area contributed by atoms with Crippen molar-refractivity contribution in [1.82, 2.24) is 4.90 Å². The van der Waals surface area contributed by atoms with E-state index in [4.69, 9.17) is 5.73 Å². The number of benzene rings is 2. The number of nitrogens with two attached hydrogens (primary N) is 1. The zero-order valence-electron chi connectivity index (χ0n) is 12.6. The van der Waals surface area contributed by atoms with E-state index in [9.17, 15) is 4.79 Å². The molecule has 0 aliphatic carbocycles. The van der Waals surface area contributed by atoms with E-state index in [1.807, 2.05) is 35.2 Å². The number of hydrogen-bond donors (Lipinski definition) is 2. The van der Waals surface area contributed by atoms with Gasteiger partial charge in [-0.3, -0.25) is 0 Å². The summed E-state index contributed by atoms with van der Waals surface area (Å²) in [5, 5.41) is 2.97. The first-order valence-electron chi connectivity index (χ1n) is 7.68. The van der Waals surface area contributed by atoms with E-state index < -0.39 is 0 Å². The fourth-order valence-electron chi connectivity index (χ4n) is 2.80. The van der Waals surface area contributed by atoms with Crippen LogP contribution in [0.15, 0.2) is 48.5 Å². The van der Waals surface area contributed by atoms with Crippen molar-refractivity contribution in [1.29, 1.82) is 0 Å². The van der Waals surface area contributed by atoms with E-state index in [2.05, 4.69) is 23.5 Å². The summed E-state index contributed by atoms with van der Waals surface area (Å²) in [7, 11) is 0. The fourth-order valence-corrected chi connectivity index (χ4v) is 2.80. The van der Waals surface area contributed by atoms with Crippen molar-refractivity contribution in [2.45, 2.75) is 25.9 Å². The number of carbonyl (C=O) groups excluding carboxylic acids is 1. The molecule has 4 heteroatoms. The van der Waals surface area contributed by atoms with Gasteiger partial charge in [-0.05, 0) is 41.7 Å². The molecule has 1 heterocycles. The number of nitrogens with zero attached hydrogens (tertiary/aromatic N) is 1. The van der Waals surface area contributed by atoms with Crippen LogP contribution in [0, 0.1) is 0 Å². The molecule has 0 saturated heterocycles. The van der Waals surface area contributed by atoms with E-state index in [0.29, 0.717) is 13.1 Å². The molecule has 0 spiro atoms. The molecule has 1 aliphatic heterocycles. The highest BCUT2D eigenvalue weighted by molar-refractivity contribution is 5.89. The molecule has 0 aromatic heterocycles. The predicted octanol–water partition coefficient (Wildman–Crippen LogP) is 3.13. The van der Waals surface area contributed by atoms with Gasteiger partial charge in [0.25, 0.3) is 0 Å². The average molecular weight is 295 g/mol. The van der Waals surface area contributed by atoms with Gasteiger partial charge in [0.15, 0.2) is 0 Å². The lowest BCUT2D eigenvalue weighted by Crippen LogP contribution is -2.34. The molecule has 4 nitrogen and oxygen atoms in total. The molecular weight excluding hydrogens is 274 g/mol. The van der Waals surface area contributed by atoms with Crippen molar-refractivity contribution < 1.29 is 4.79 Å². The summed E-state index contributed by atoms with van der Waals surface area (Å²) in [6, 6.07) is 16.0. The fraction of sp³-hybridized carbons (Fsp3) is 0.278. The van der Waals surface area contributed by atoms with Gasteiger partial charge in [0, 0.05) is 25.3 Å². The van der Waals surface area contributed by atoms with Crippen molar-refractivity contribution >= 4 is 11.7 Å². The number of anilines is 1. The number of aryl methyl sites for hydroxylation is 1. The molecule has 0 unspecified atom stereocenters. The number of amides is 2. The molecule has 2 amide bonds. The number of urea groups is 1. The van der Waals surface area contributed by atoms with E-state index in [-0.39, 0.29) is 6.03 Å². The SMILES string of the molecule is NCc1ccc(NC(=O)N2CCCc3ccccc3C2)cc1. The number of nitrogens with one attached hydrogen (secondary N) is 1. The Hall–Kier alpha value is -2.33. The Morgan fingerprint density at radius 2 is 1.82 bits per heavy atom. The largest absolute Gasteiger partial charge is 0.326 e. The average Bonchev–Trinajstić information content (AvgIpc) is 2.78. The molecule has 3 N–H and O–H groups in total. The lowest BCUT2D eigenvalue weighted by Gasteiger charge is -2.21. The number of carbonyl (C=O) groups is 1. The Labute approximate surface area is 130 Å². The standard InChI is InChI=1S/C18H21N3O/c19-12-14-7-9-17(10-8-14)20-18(22)21-11-3-6-15-4-1-2-5-16(15)13-21/h1-2,4-5,7-10H,3,6,11-13,19H2,(H,20,22). The highest BCUT2D eigenvalue weighted by Gasteiger charge is 2.18. The van der Waals surface area contributed by atoms with Crippen molar-refractivity contribution in [3.8, 4) is 0 Å². The highest BCUT2D eigenvalue weighted by atomic mass is 16.2. The molecule has 0 bridgehead atoms. The molecular formula is C18H21N3O. The molecule has 114 valence electrons. The third kappa shape index (κ3) is 3.28. The highest BCUT2D eigenvalue weighted by Crippen LogP contribution is 2.19. The Morgan fingerprint density at radius 1 is 1.09 bits per heavy atom. The van der Waals surface area contributed by atoms with Crippen LogP contribution in [-0.4, -0.2) is 17.5 Å². The molecule has 0 radical (unpaired) electrons. The van der Waals surface area contributed by atoms with Crippen LogP contribution >= 0.6 is 0 Å². The van der Waals surface area contributed by atoms with Crippen LogP contribution in [0.25, 0.3) is 0 Å². The Bertz CT molecular complexity index is 652. The van der Waals surface area contributed by atoms with Gasteiger partial charge in [-0.1, -0.05) is 36.4 Å². The first-order valence-corrected chi connectivity index (χ1v) is 7.68. The van der Waals surface area contributed by atoms with Gasteiger partial charge in [0.2, 0.25) is 0 Å². The maximum absolute atomic E-state index is 12.5. The van der Waals surface area contributed by atoms with Gasteiger partial charge in [0.1, 0.15) is 0 Å². The summed E-state index contributed by atoms with van der Waals surface area (Å²) < 4.78 is 0. The van der Waals surface area contributed by atoms with Crippen LogP contribution in [0.3, 0.4) is 0 Å². The third-order valence-electron chi connectivity index (χ3n) is 4.08. The molecule has 2 aromatic rings. The number of hydrogen-bond acceptors (Lipinski definition) is 2. The lowest BCUT2D eigenvalue weighted by atomic mass is 10.0. The van der Waals surface area contributed by atoms with E-state index in [1.54, 1.807) is 0 Å². The van der Waals surface area contributed by atoms with E-state index >= 15 is 0 Å². The van der Waals surface area contributed by atoms with Gasteiger partial charge in [-0.2, -0.15) is 0 Å². The summed E-state index contributed by atoms with van der Waals surface area (Å²) in [5.74, 6) is 0. The predicted molar refractivity (Wildman–Crippen MR) is 88.5 cm³/mol. The van der Waals surface area contributed by atoms with Gasteiger partial charge >= 0.3 is 6.03 Å². The van der Waals surface area contributed by atoms with Crippen LogP contribution in [0.4, 0.5) is 10.5 Å². The minimum atomic E-state index is -0.0443. The second-order valence-electron chi connectivity index (χ2n) is 5.63. The molecule has 0 fully saturated rings. The van der Waals surface area contributed by atoms with E-state index in [1.165, 1.54) is 11.1 Å². The molecule has 0 atom stereocenters. The van der Waals surface area contributed by atoms with Crippen molar-refractivity contribution in [2.24, 2.45) is 5.73 Å². The van der Waals surface area contributed by atoms with Crippen molar-refractivity contribution in [3.63, 3.8) is 0 Å². The summed E-state index contributed by atoms with van der Waals surface area (Å²) >= 11 is 0. The third-order valence-corrected chi connectivity index (χ3v) is 4.08. The molecule has 3 rings (SSSR count). The number of rotatable bonds is 2. The van der Waals surface area contributed by atoms with Crippen LogP contribution in [0.1, 0.15) is 23.1 Å². The quantitative estimate of drug-likeness (QED) is 0.894. The maximum Gasteiger partial charge on any atom is 0.322 e.